The van der Waals surface area contributed by atoms with Gasteiger partial charge in [-0.2, -0.15) is 0 Å². The van der Waals surface area contributed by atoms with E-state index in [0.717, 1.165) is 27.9 Å². The van der Waals surface area contributed by atoms with Gasteiger partial charge in [-0.3, -0.25) is 4.98 Å². The van der Waals surface area contributed by atoms with Crippen molar-refractivity contribution in [1.29, 1.82) is 0 Å². The van der Waals surface area contributed by atoms with Crippen molar-refractivity contribution in [1.82, 2.24) is 4.98 Å². The highest BCUT2D eigenvalue weighted by molar-refractivity contribution is 5.67. The van der Waals surface area contributed by atoms with Gasteiger partial charge < -0.3 is 0 Å². The lowest BCUT2D eigenvalue weighted by atomic mass is 9.77. The molecular weight excluding hydrogens is 280 g/mol. The monoisotopic (exact) mass is 301 g/mol. The minimum absolute atomic E-state index is 0.727. The van der Waals surface area contributed by atoms with Gasteiger partial charge in [-0.05, 0) is 63.4 Å². The third-order valence-electron chi connectivity index (χ3n) is 5.22. The van der Waals surface area contributed by atoms with E-state index in [-0.39, 0.29) is 0 Å². The van der Waals surface area contributed by atoms with Crippen molar-refractivity contribution in [3.05, 3.63) is 53.2 Å². The van der Waals surface area contributed by atoms with E-state index in [1.54, 1.807) is 33.9 Å². The first kappa shape index (κ1) is 15.1. The van der Waals surface area contributed by atoms with Crippen LogP contribution in [0.2, 0.25) is 0 Å². The average Bonchev–Trinajstić information content (AvgIpc) is 2.56. The lowest BCUT2D eigenvalue weighted by Crippen LogP contribution is -2.46. The lowest BCUT2D eigenvalue weighted by Gasteiger charge is -2.35. The van der Waals surface area contributed by atoms with Gasteiger partial charge in [0, 0.05) is 11.8 Å². The van der Waals surface area contributed by atoms with Crippen molar-refractivity contribution >= 4 is 0 Å². The highest BCUT2D eigenvalue weighted by Gasteiger charge is 2.65. The fraction of sp³-hybridized carbons (Fsp3) is 0.421. The van der Waals surface area contributed by atoms with Crippen molar-refractivity contribution in [3.8, 4) is 11.3 Å². The number of nitrogens with zero attached hydrogens (tertiary/aromatic N) is 1. The number of benzene rings is 1. The Morgan fingerprint density at radius 3 is 2.18 bits per heavy atom. The maximum absolute atomic E-state index is 14.9. The van der Waals surface area contributed by atoms with E-state index in [9.17, 15) is 8.78 Å². The largest absolute Gasteiger partial charge is 0.266 e. The van der Waals surface area contributed by atoms with Crippen molar-refractivity contribution < 1.29 is 8.78 Å². The first-order valence-corrected chi connectivity index (χ1v) is 7.55. The van der Waals surface area contributed by atoms with E-state index in [4.69, 9.17) is 0 Å². The van der Waals surface area contributed by atoms with Crippen LogP contribution < -0.4 is 0 Å². The molecule has 116 valence electrons. The van der Waals surface area contributed by atoms with Crippen molar-refractivity contribution in [2.24, 2.45) is 0 Å². The van der Waals surface area contributed by atoms with Gasteiger partial charge >= 0.3 is 0 Å². The summed E-state index contributed by atoms with van der Waals surface area (Å²) in [4.78, 5) is 4.41. The Balaban J connectivity index is 2.24. The summed E-state index contributed by atoms with van der Waals surface area (Å²) >= 11 is 0. The molecule has 3 rings (SSSR count). The van der Waals surface area contributed by atoms with Crippen LogP contribution in [0.25, 0.3) is 11.3 Å². The molecule has 1 aromatic heterocycles. The predicted molar refractivity (Wildman–Crippen MR) is 85.4 cm³/mol. The number of hydrogen-bond donors (Lipinski definition) is 0. The first-order chi connectivity index (χ1) is 10.1. The molecule has 0 fully saturated rings. The number of alkyl halides is 2. The molecule has 2 aromatic rings. The van der Waals surface area contributed by atoms with Gasteiger partial charge in [0.1, 0.15) is 0 Å². The van der Waals surface area contributed by atoms with E-state index < -0.39 is 16.8 Å². The molecule has 0 N–H and O–H groups in total. The van der Waals surface area contributed by atoms with E-state index in [1.165, 1.54) is 0 Å². The third-order valence-corrected chi connectivity index (χ3v) is 5.22. The maximum atomic E-state index is 14.9. The van der Waals surface area contributed by atoms with E-state index >= 15 is 0 Å². The van der Waals surface area contributed by atoms with Crippen LogP contribution in [0, 0.1) is 6.92 Å². The highest BCUT2D eigenvalue weighted by Crippen LogP contribution is 2.59. The molecule has 1 heterocycles. The molecule has 0 bridgehead atoms. The molecule has 0 saturated carbocycles. The van der Waals surface area contributed by atoms with Gasteiger partial charge in [-0.1, -0.05) is 18.2 Å². The summed E-state index contributed by atoms with van der Waals surface area (Å²) in [6.07, 6.45) is 1.74. The molecule has 0 spiro atoms. The van der Waals surface area contributed by atoms with Crippen LogP contribution in [0.5, 0.6) is 0 Å². The van der Waals surface area contributed by atoms with E-state index in [0.29, 0.717) is 0 Å². The molecular formula is C19H21F2N. The molecule has 0 saturated heterocycles. The van der Waals surface area contributed by atoms with Crippen LogP contribution in [-0.2, 0) is 10.8 Å². The molecule has 0 atom stereocenters. The lowest BCUT2D eigenvalue weighted by molar-refractivity contribution is -0.105. The van der Waals surface area contributed by atoms with Gasteiger partial charge in [0.15, 0.2) is 0 Å². The average molecular weight is 301 g/mol. The summed E-state index contributed by atoms with van der Waals surface area (Å²) in [5.41, 5.74) is 1.91. The van der Waals surface area contributed by atoms with Crippen LogP contribution in [-0.4, -0.2) is 10.9 Å². The zero-order valence-corrected chi connectivity index (χ0v) is 13.7. The maximum Gasteiger partial charge on any atom is 0.266 e. The second kappa shape index (κ2) is 4.37. The predicted octanol–water partition coefficient (Wildman–Crippen LogP) is 5.26. The number of hydrogen-bond acceptors (Lipinski definition) is 1. The fourth-order valence-electron chi connectivity index (χ4n) is 3.66. The summed E-state index contributed by atoms with van der Waals surface area (Å²) in [5.74, 6) is -2.79. The molecule has 1 aromatic carbocycles. The van der Waals surface area contributed by atoms with Crippen molar-refractivity contribution in [3.63, 3.8) is 0 Å². The fourth-order valence-corrected chi connectivity index (χ4v) is 3.66. The number of fused-ring (bicyclic) bond motifs is 1. The van der Waals surface area contributed by atoms with Crippen LogP contribution in [0.3, 0.4) is 0 Å². The molecule has 1 aliphatic carbocycles. The molecule has 0 radical (unpaired) electrons. The molecule has 1 aliphatic rings. The van der Waals surface area contributed by atoms with E-state index in [2.05, 4.69) is 4.98 Å². The molecule has 0 unspecified atom stereocenters. The standard InChI is InChI=1S/C19H21F2N/c1-12-7-6-10-22-16(12)13-8-9-14-15(11-13)18(4,5)19(20,21)17(14,2)3/h6-11H,1-5H3. The van der Waals surface area contributed by atoms with Crippen LogP contribution in [0.15, 0.2) is 36.5 Å². The van der Waals surface area contributed by atoms with Gasteiger partial charge in [-0.15, -0.1) is 0 Å². The minimum atomic E-state index is -2.79. The Kier molecular flexibility index (Phi) is 3.01. The Morgan fingerprint density at radius 2 is 1.55 bits per heavy atom. The third kappa shape index (κ3) is 1.71. The Bertz CT molecular complexity index is 745. The van der Waals surface area contributed by atoms with Crippen molar-refractivity contribution in [2.75, 3.05) is 0 Å². The second-order valence-electron chi connectivity index (χ2n) is 7.25. The van der Waals surface area contributed by atoms with Crippen LogP contribution in [0.4, 0.5) is 8.78 Å². The quantitative estimate of drug-likeness (QED) is 0.700. The summed E-state index contributed by atoms with van der Waals surface area (Å²) in [7, 11) is 0. The summed E-state index contributed by atoms with van der Waals surface area (Å²) in [6, 6.07) is 9.52. The minimum Gasteiger partial charge on any atom is -0.256 e. The number of aryl methyl sites for hydroxylation is 1. The van der Waals surface area contributed by atoms with E-state index in [1.807, 2.05) is 37.3 Å². The Labute approximate surface area is 130 Å². The normalized spacial score (nSPS) is 20.7. The summed E-state index contributed by atoms with van der Waals surface area (Å²) in [5, 5.41) is 0. The second-order valence-corrected chi connectivity index (χ2v) is 7.25. The molecule has 1 nitrogen and oxygen atoms in total. The zero-order chi connectivity index (χ0) is 16.3. The molecule has 22 heavy (non-hydrogen) atoms. The van der Waals surface area contributed by atoms with Gasteiger partial charge in [0.25, 0.3) is 5.92 Å². The highest BCUT2D eigenvalue weighted by atomic mass is 19.3. The summed E-state index contributed by atoms with van der Waals surface area (Å²) < 4.78 is 29.8. The van der Waals surface area contributed by atoms with Gasteiger partial charge in [0.2, 0.25) is 0 Å². The van der Waals surface area contributed by atoms with Crippen LogP contribution in [0.1, 0.15) is 44.4 Å². The van der Waals surface area contributed by atoms with Crippen LogP contribution >= 0.6 is 0 Å². The van der Waals surface area contributed by atoms with Gasteiger partial charge in [0.05, 0.1) is 16.5 Å². The number of rotatable bonds is 1. The molecule has 0 amide bonds. The SMILES string of the molecule is Cc1cccnc1-c1ccc2c(c1)C(C)(C)C(F)(F)C2(C)C. The zero-order valence-electron chi connectivity index (χ0n) is 13.7. The smallest absolute Gasteiger partial charge is 0.256 e. The number of aromatic nitrogens is 1. The van der Waals surface area contributed by atoms with Gasteiger partial charge in [-0.25, -0.2) is 8.78 Å². The number of pyridine rings is 1. The van der Waals surface area contributed by atoms with Crippen molar-refractivity contribution in [2.45, 2.75) is 51.4 Å². The number of halogens is 2. The molecule has 0 aliphatic heterocycles. The topological polar surface area (TPSA) is 12.9 Å². The Morgan fingerprint density at radius 1 is 0.909 bits per heavy atom. The Hall–Kier alpha value is -1.77. The summed E-state index contributed by atoms with van der Waals surface area (Å²) in [6.45, 7) is 8.52. The molecule has 3 heteroatoms. The first-order valence-electron chi connectivity index (χ1n) is 7.55.